The summed E-state index contributed by atoms with van der Waals surface area (Å²) in [6.45, 7) is 5.32. The number of benzene rings is 1. The van der Waals surface area contributed by atoms with E-state index in [4.69, 9.17) is 5.73 Å². The Morgan fingerprint density at radius 3 is 2.46 bits per heavy atom. The van der Waals surface area contributed by atoms with Gasteiger partial charge in [-0.05, 0) is 32.3 Å². The molecule has 0 bridgehead atoms. The van der Waals surface area contributed by atoms with Gasteiger partial charge in [0.15, 0.2) is 11.4 Å². The van der Waals surface area contributed by atoms with E-state index >= 15 is 0 Å². The molecule has 11 nitrogen and oxygen atoms in total. The first-order valence-electron chi connectivity index (χ1n) is 11.6. The molecule has 7 N–H and O–H groups in total. The average molecular weight is 512 g/mol. The number of primary amides is 1. The molecule has 1 aromatic rings. The second-order valence-corrected chi connectivity index (χ2v) is 9.83. The zero-order valence-corrected chi connectivity index (χ0v) is 20.5. The topological polar surface area (TPSA) is 194 Å². The molecule has 0 radical (unpaired) electrons. The number of ketones is 2. The highest BCUT2D eigenvalue weighted by Gasteiger charge is 2.67. The first kappa shape index (κ1) is 26.3. The summed E-state index contributed by atoms with van der Waals surface area (Å²) in [5.41, 5.74) is 1.54. The Balaban J connectivity index is 2.00. The minimum atomic E-state index is -2.94. The van der Waals surface area contributed by atoms with Crippen LogP contribution in [0.5, 0.6) is 5.75 Å². The van der Waals surface area contributed by atoms with Crippen molar-refractivity contribution in [1.29, 1.82) is 0 Å². The molecule has 0 heterocycles. The van der Waals surface area contributed by atoms with Crippen LogP contribution in [0.15, 0.2) is 45.9 Å². The fraction of sp³-hybridized carbons (Fsp3) is 0.385. The summed E-state index contributed by atoms with van der Waals surface area (Å²) >= 11 is 0. The maximum atomic E-state index is 13.7. The Morgan fingerprint density at radius 1 is 1.24 bits per heavy atom. The van der Waals surface area contributed by atoms with Crippen molar-refractivity contribution in [3.63, 3.8) is 0 Å². The summed E-state index contributed by atoms with van der Waals surface area (Å²) in [6.07, 6.45) is 1.53. The minimum absolute atomic E-state index is 0.144. The lowest BCUT2D eigenvalue weighted by Gasteiger charge is -2.53. The van der Waals surface area contributed by atoms with Crippen molar-refractivity contribution >= 4 is 30.3 Å². The number of fused-ring (bicyclic) bond motifs is 3. The highest BCUT2D eigenvalue weighted by atomic mass is 16.4. The number of aliphatic imine (C=N–C) groups is 1. The molecule has 0 saturated carbocycles. The van der Waals surface area contributed by atoms with Gasteiger partial charge < -0.3 is 31.3 Å². The fourth-order valence-corrected chi connectivity index (χ4v) is 6.03. The molecule has 3 aliphatic carbocycles. The van der Waals surface area contributed by atoms with E-state index in [9.17, 15) is 39.9 Å². The molecule has 1 aromatic carbocycles. The van der Waals surface area contributed by atoms with Crippen LogP contribution in [0.1, 0.15) is 34.3 Å². The van der Waals surface area contributed by atoms with Crippen LogP contribution in [0.3, 0.4) is 0 Å². The molecule has 3 aliphatic rings. The Kier molecular flexibility index (Phi) is 6.35. The van der Waals surface area contributed by atoms with E-state index in [2.05, 4.69) is 11.7 Å². The van der Waals surface area contributed by atoms with Crippen LogP contribution in [-0.2, 0) is 9.59 Å². The third-order valence-electron chi connectivity index (χ3n) is 7.69. The molecular weight excluding hydrogens is 482 g/mol. The maximum absolute atomic E-state index is 13.7. The number of amides is 1. The van der Waals surface area contributed by atoms with Crippen molar-refractivity contribution in [2.75, 3.05) is 20.6 Å². The lowest BCUT2D eigenvalue weighted by Crippen LogP contribution is -2.68. The van der Waals surface area contributed by atoms with E-state index in [1.54, 1.807) is 31.2 Å². The van der Waals surface area contributed by atoms with E-state index in [1.165, 1.54) is 19.0 Å². The minimum Gasteiger partial charge on any atom is -0.510 e. The van der Waals surface area contributed by atoms with Gasteiger partial charge in [0.2, 0.25) is 5.78 Å². The molecule has 37 heavy (non-hydrogen) atoms. The molecule has 11 heteroatoms. The first-order chi connectivity index (χ1) is 17.3. The Hall–Kier alpha value is -3.80. The number of Topliss-reactive ketones (excluding diaryl/α,β-unsaturated/α-hetero) is 2. The number of phenolic OH excluding ortho intramolecular Hbond substituents is 1. The molecule has 0 aromatic heterocycles. The van der Waals surface area contributed by atoms with E-state index in [0.717, 1.165) is 0 Å². The molecule has 196 valence electrons. The van der Waals surface area contributed by atoms with Crippen LogP contribution in [-0.4, -0.2) is 93.0 Å². The van der Waals surface area contributed by atoms with Crippen LogP contribution >= 0.6 is 0 Å². The standard InChI is InChI=1S/C26H29N3O8/c1-10-12-8-7-11(6-5-9-28-2)19(30)14(12)20(31)15-13(10)21(32)17-18(29(3)4)22(33)16(25(27)36)24(35)26(17,37)23(15)34/h5-8,10,13,17-18,21,30,32-34,37H,2,9H2,1,3-4H3,(H2,27,36)/b6-5+/t10-,13+,17+,18-,21-,26-/m0/s1. The van der Waals surface area contributed by atoms with Crippen molar-refractivity contribution in [2.45, 2.75) is 30.6 Å². The van der Waals surface area contributed by atoms with Gasteiger partial charge in [0.05, 0.1) is 30.2 Å². The molecule has 6 atom stereocenters. The number of carbonyl (C=O) groups excluding carboxylic acids is 3. The van der Waals surface area contributed by atoms with Crippen LogP contribution in [0, 0.1) is 11.8 Å². The lowest BCUT2D eigenvalue weighted by molar-refractivity contribution is -0.162. The summed E-state index contributed by atoms with van der Waals surface area (Å²) in [6, 6.07) is 1.92. The lowest BCUT2D eigenvalue weighted by atomic mass is 9.55. The number of rotatable bonds is 5. The van der Waals surface area contributed by atoms with Gasteiger partial charge in [0, 0.05) is 17.1 Å². The Bertz CT molecular complexity index is 1330. The Labute approximate surface area is 212 Å². The molecule has 0 fully saturated rings. The van der Waals surface area contributed by atoms with Crippen LogP contribution in [0.4, 0.5) is 0 Å². The quantitative estimate of drug-likeness (QED) is 0.239. The van der Waals surface area contributed by atoms with Crippen LogP contribution in [0.2, 0.25) is 0 Å². The van der Waals surface area contributed by atoms with Gasteiger partial charge in [-0.15, -0.1) is 0 Å². The van der Waals surface area contributed by atoms with Gasteiger partial charge in [-0.25, -0.2) is 0 Å². The SMILES string of the molecule is C=NC/C=C/c1ccc2c(c1O)C(=O)C1=C(O)[C@]3(O)C(=O)C(C(N)=O)=C(O)[C@@H](N(C)C)[C@@H]3[C@@H](O)[C@@H]1[C@H]2C. The van der Waals surface area contributed by atoms with Crippen LogP contribution < -0.4 is 5.73 Å². The van der Waals surface area contributed by atoms with Crippen molar-refractivity contribution in [3.05, 3.63) is 57.6 Å². The number of aliphatic hydroxyl groups is 4. The van der Waals surface area contributed by atoms with Crippen molar-refractivity contribution in [1.82, 2.24) is 4.90 Å². The molecule has 0 aliphatic heterocycles. The summed E-state index contributed by atoms with van der Waals surface area (Å²) in [4.78, 5) is 44.2. The molecule has 0 spiro atoms. The van der Waals surface area contributed by atoms with E-state index < -0.39 is 75.6 Å². The summed E-state index contributed by atoms with van der Waals surface area (Å²) in [5, 5.41) is 56.4. The number of carbonyl (C=O) groups is 3. The number of phenols is 1. The van der Waals surface area contributed by atoms with Crippen molar-refractivity contribution in [3.8, 4) is 5.75 Å². The van der Waals surface area contributed by atoms with Gasteiger partial charge in [0.25, 0.3) is 5.91 Å². The molecular formula is C26H29N3O8. The van der Waals surface area contributed by atoms with Gasteiger partial charge >= 0.3 is 0 Å². The third-order valence-corrected chi connectivity index (χ3v) is 7.69. The predicted molar refractivity (Wildman–Crippen MR) is 133 cm³/mol. The highest BCUT2D eigenvalue weighted by molar-refractivity contribution is 6.25. The smallest absolute Gasteiger partial charge is 0.255 e. The van der Waals surface area contributed by atoms with Gasteiger partial charge in [-0.3, -0.25) is 24.3 Å². The average Bonchev–Trinajstić information content (AvgIpc) is 2.82. The Morgan fingerprint density at radius 2 is 1.89 bits per heavy atom. The number of nitrogens with zero attached hydrogens (tertiary/aromatic N) is 2. The zero-order valence-electron chi connectivity index (χ0n) is 20.5. The molecule has 1 amide bonds. The van der Waals surface area contributed by atoms with Crippen LogP contribution in [0.25, 0.3) is 6.08 Å². The number of aliphatic hydroxyl groups excluding tert-OH is 3. The summed E-state index contributed by atoms with van der Waals surface area (Å²) < 4.78 is 0. The van der Waals surface area contributed by atoms with Crippen molar-refractivity contribution < 1.29 is 39.9 Å². The predicted octanol–water partition coefficient (Wildman–Crippen LogP) is 0.366. The second-order valence-electron chi connectivity index (χ2n) is 9.83. The number of hydrogen-bond donors (Lipinski definition) is 6. The van der Waals surface area contributed by atoms with Crippen molar-refractivity contribution in [2.24, 2.45) is 22.6 Å². The molecule has 0 saturated heterocycles. The highest BCUT2D eigenvalue weighted by Crippen LogP contribution is 2.55. The van der Waals surface area contributed by atoms with Gasteiger partial charge in [-0.2, -0.15) is 0 Å². The van der Waals surface area contributed by atoms with E-state index in [-0.39, 0.29) is 17.9 Å². The van der Waals surface area contributed by atoms with Gasteiger partial charge in [-0.1, -0.05) is 31.2 Å². The van der Waals surface area contributed by atoms with E-state index in [0.29, 0.717) is 11.1 Å². The van der Waals surface area contributed by atoms with E-state index in [1.807, 2.05) is 0 Å². The molecule has 4 rings (SSSR count). The number of hydrogen-bond acceptors (Lipinski definition) is 10. The summed E-state index contributed by atoms with van der Waals surface area (Å²) in [5.74, 6) is -9.14. The van der Waals surface area contributed by atoms with Gasteiger partial charge in [0.1, 0.15) is 22.8 Å². The number of nitrogens with two attached hydrogens (primary N) is 1. The second kappa shape index (κ2) is 8.94. The molecule has 0 unspecified atom stereocenters. The monoisotopic (exact) mass is 511 g/mol. The fourth-order valence-electron chi connectivity index (χ4n) is 6.03. The third kappa shape index (κ3) is 3.45. The normalized spacial score (nSPS) is 31.5. The zero-order chi connectivity index (χ0) is 27.6. The first-order valence-corrected chi connectivity index (χ1v) is 11.6. The number of likely N-dealkylation sites (N-methyl/N-ethyl adjacent to an activating group) is 1. The largest absolute Gasteiger partial charge is 0.510 e. The number of aromatic hydroxyl groups is 1. The maximum Gasteiger partial charge on any atom is 0.255 e. The summed E-state index contributed by atoms with van der Waals surface area (Å²) in [7, 11) is 2.97.